The van der Waals surface area contributed by atoms with Crippen LogP contribution in [0.2, 0.25) is 0 Å². The molecule has 128 heavy (non-hydrogen) atoms. The van der Waals surface area contributed by atoms with E-state index in [0.29, 0.717) is 108 Å². The van der Waals surface area contributed by atoms with E-state index in [-0.39, 0.29) is 155 Å². The first kappa shape index (κ1) is 89.1. The van der Waals surface area contributed by atoms with Gasteiger partial charge in [-0.25, -0.2) is 46.3 Å². The van der Waals surface area contributed by atoms with Gasteiger partial charge in [0.25, 0.3) is 0 Å². The lowest BCUT2D eigenvalue weighted by molar-refractivity contribution is -0.138. The average molecular weight is 1790 g/mol. The number of alkyl halides is 9. The molecule has 0 amide bonds. The largest absolute Gasteiger partial charge is 0.487 e. The number of hydrogen-bond acceptors (Lipinski definition) is 22. The number of aryl methyl sites for hydroxylation is 3. The Labute approximate surface area is 717 Å². The standard InChI is InChI=1S/C93H72F12N3O19P/c1-4-7-10-55-25-52(76-46-116-82-37-70(16-19-73(82)85(76)109)113-40-67-43-119-88(106-67)58-28-61(91(97,98)99)34-64(94)31-58)13-22-79(55)122-49-125-128(112,126-50-123-80-23-14-53(26-56(80)11-8-5-2)77-47-117-83-38-71(17-20-74(83)86(77)110)114-41-68-44-120-89(107-68)59-29-62(92(100,101)102)35-65(95)32-59)127-51-124-81-24-15-54(27-57(81)12-9-6-3)78-48-118-84-39-72(18-21-75(84)87(78)111)115-42-69-45-121-90(108-69)60-30-63(93(103,104)105)36-66(96)33-60/h13-39,43-48H,4-12,40-42,49-51H2,1-3H3. The highest BCUT2D eigenvalue weighted by molar-refractivity contribution is 7.48. The minimum atomic E-state index is -4.84. The molecule has 0 aliphatic rings. The van der Waals surface area contributed by atoms with Gasteiger partial charge in [-0.15, -0.1) is 0 Å². The maximum absolute atomic E-state index is 15.2. The van der Waals surface area contributed by atoms with E-state index in [2.05, 4.69) is 15.0 Å². The van der Waals surface area contributed by atoms with Crippen LogP contribution in [0.1, 0.15) is 110 Å². The average Bonchev–Trinajstić information content (AvgIpc) is 0.860. The Bertz CT molecular complexity index is 6200. The molecule has 0 aliphatic heterocycles. The number of phosphoric ester groups is 1. The number of benzene rings is 9. The van der Waals surface area contributed by atoms with Gasteiger partial charge in [0, 0.05) is 34.9 Å². The maximum Gasteiger partial charge on any atom is 0.483 e. The van der Waals surface area contributed by atoms with Gasteiger partial charge in [-0.2, -0.15) is 39.5 Å². The van der Waals surface area contributed by atoms with E-state index in [0.717, 1.165) is 56.3 Å². The maximum atomic E-state index is 15.2. The van der Waals surface area contributed by atoms with E-state index in [9.17, 15) is 67.1 Å². The van der Waals surface area contributed by atoms with Crippen LogP contribution in [-0.4, -0.2) is 35.3 Å². The summed E-state index contributed by atoms with van der Waals surface area (Å²) in [7, 11) is -4.84. The predicted octanol–water partition coefficient (Wildman–Crippen LogP) is 24.8. The molecule has 15 rings (SSSR count). The van der Waals surface area contributed by atoms with Crippen molar-refractivity contribution in [3.8, 4) is 102 Å². The van der Waals surface area contributed by atoms with Crippen LogP contribution in [0.4, 0.5) is 52.7 Å². The van der Waals surface area contributed by atoms with E-state index < -0.39 is 97.2 Å². The van der Waals surface area contributed by atoms with Crippen molar-refractivity contribution in [2.75, 3.05) is 20.4 Å². The molecule has 22 nitrogen and oxygen atoms in total. The molecule has 0 saturated carbocycles. The van der Waals surface area contributed by atoms with Crippen LogP contribution in [0.15, 0.2) is 242 Å². The zero-order chi connectivity index (χ0) is 90.2. The lowest BCUT2D eigenvalue weighted by Gasteiger charge is -2.21. The van der Waals surface area contributed by atoms with Gasteiger partial charge in [0.1, 0.15) is 143 Å². The Morgan fingerprint density at radius 1 is 0.328 bits per heavy atom. The Hall–Kier alpha value is -13.7. The Morgan fingerprint density at radius 2 is 0.617 bits per heavy atom. The second kappa shape index (κ2) is 38.2. The van der Waals surface area contributed by atoms with Crippen molar-refractivity contribution < 1.29 is 126 Å². The van der Waals surface area contributed by atoms with Crippen LogP contribution in [0.3, 0.4) is 0 Å². The van der Waals surface area contributed by atoms with Crippen molar-refractivity contribution in [3.63, 3.8) is 0 Å². The summed E-state index contributed by atoms with van der Waals surface area (Å²) in [6.07, 6.45) is -1.64. The molecule has 35 heteroatoms. The molecule has 0 unspecified atom stereocenters. The van der Waals surface area contributed by atoms with E-state index in [1.165, 1.54) is 73.4 Å². The lowest BCUT2D eigenvalue weighted by atomic mass is 9.99. The molecule has 6 aromatic heterocycles. The number of ether oxygens (including phenoxy) is 6. The van der Waals surface area contributed by atoms with Crippen molar-refractivity contribution in [3.05, 3.63) is 300 Å². The SMILES string of the molecule is CCCCc1cc(-c2coc3cc(OCc4coc(-c5cc(F)cc(C(F)(F)F)c5)n4)ccc3c2=O)ccc1OCOP(=O)(OCOc1ccc(-c2coc3cc(OCc4coc(-c5cc(F)cc(C(F)(F)F)c5)n4)ccc3c2=O)cc1CCCC)OCOc1ccc(-c2coc3cc(OCc4coc(-c5cc(F)cc(C(F)(F)F)c5)n4)ccc3c2=O)cc1CCCC. The molecular weight excluding hydrogens is 1720 g/mol. The molecule has 15 aromatic rings. The number of fused-ring (bicyclic) bond motifs is 3. The smallest absolute Gasteiger partial charge is 0.483 e. The molecule has 0 atom stereocenters. The minimum Gasteiger partial charge on any atom is -0.487 e. The number of phosphoric acid groups is 1. The fourth-order valence-corrected chi connectivity index (χ4v) is 14.5. The molecule has 9 aromatic carbocycles. The molecule has 0 saturated heterocycles. The van der Waals surface area contributed by atoms with Gasteiger partial charge in [-0.3, -0.25) is 14.4 Å². The third kappa shape index (κ3) is 21.2. The number of oxazole rings is 3. The number of aromatic nitrogens is 3. The number of unbranched alkanes of at least 4 members (excludes halogenated alkanes) is 3. The topological polar surface area (TPSA) is 269 Å². The summed E-state index contributed by atoms with van der Waals surface area (Å²) in [6, 6.07) is 34.1. The zero-order valence-corrected chi connectivity index (χ0v) is 68.6. The summed E-state index contributed by atoms with van der Waals surface area (Å²) in [5.41, 5.74) is -0.917. The van der Waals surface area contributed by atoms with Crippen molar-refractivity contribution in [1.82, 2.24) is 15.0 Å². The monoisotopic (exact) mass is 1790 g/mol. The van der Waals surface area contributed by atoms with E-state index in [4.69, 9.17) is 68.5 Å². The molecule has 0 fully saturated rings. The van der Waals surface area contributed by atoms with Gasteiger partial charge in [0.15, 0.2) is 36.7 Å². The van der Waals surface area contributed by atoms with E-state index in [1.54, 1.807) is 54.6 Å². The molecular formula is C93H72F12N3O19P. The second-order valence-corrected chi connectivity index (χ2v) is 31.0. The molecule has 0 aliphatic carbocycles. The first-order chi connectivity index (χ1) is 61.4. The van der Waals surface area contributed by atoms with Gasteiger partial charge in [-0.1, -0.05) is 58.2 Å². The molecule has 0 N–H and O–H groups in total. The Kier molecular flexibility index (Phi) is 26.6. The summed E-state index contributed by atoms with van der Waals surface area (Å²) >= 11 is 0. The zero-order valence-electron chi connectivity index (χ0n) is 67.7. The van der Waals surface area contributed by atoms with Crippen molar-refractivity contribution in [2.24, 2.45) is 0 Å². The van der Waals surface area contributed by atoms with Gasteiger partial charge in [0.2, 0.25) is 17.7 Å². The second-order valence-electron chi connectivity index (χ2n) is 29.3. The van der Waals surface area contributed by atoms with E-state index in [1.807, 2.05) is 20.8 Å². The van der Waals surface area contributed by atoms with Crippen molar-refractivity contribution in [2.45, 2.75) is 117 Å². The summed E-state index contributed by atoms with van der Waals surface area (Å²) in [5.74, 6) is -2.71. The lowest BCUT2D eigenvalue weighted by Crippen LogP contribution is -2.13. The van der Waals surface area contributed by atoms with Crippen LogP contribution in [-0.2, 0) is 75.7 Å². The summed E-state index contributed by atoms with van der Waals surface area (Å²) in [5, 5.41) is 0.551. The van der Waals surface area contributed by atoms with Crippen molar-refractivity contribution >= 4 is 40.7 Å². The van der Waals surface area contributed by atoms with Gasteiger partial charge in [-0.05, 0) is 199 Å². The predicted molar refractivity (Wildman–Crippen MR) is 441 cm³/mol. The number of hydrogen-bond donors (Lipinski definition) is 0. The third-order valence-electron chi connectivity index (χ3n) is 20.3. The van der Waals surface area contributed by atoms with Gasteiger partial charge < -0.3 is 54.9 Å². The molecule has 0 spiro atoms. The van der Waals surface area contributed by atoms with Crippen LogP contribution in [0.5, 0.6) is 34.5 Å². The highest BCUT2D eigenvalue weighted by atomic mass is 31.2. The fraction of sp³-hybridized carbons (Fsp3) is 0.226. The summed E-state index contributed by atoms with van der Waals surface area (Å²) in [6.45, 7) is 2.99. The highest BCUT2D eigenvalue weighted by Gasteiger charge is 2.36. The van der Waals surface area contributed by atoms with Gasteiger partial charge >= 0.3 is 26.4 Å². The van der Waals surface area contributed by atoms with Crippen LogP contribution in [0, 0.1) is 17.5 Å². The normalized spacial score (nSPS) is 12.1. The number of halogens is 12. The molecule has 662 valence electrons. The summed E-state index contributed by atoms with van der Waals surface area (Å²) < 4.78 is 267. The first-order valence-corrected chi connectivity index (χ1v) is 41.2. The number of nitrogens with zero attached hydrogens (tertiary/aromatic N) is 3. The minimum absolute atomic E-state index is 0.148. The van der Waals surface area contributed by atoms with Gasteiger partial charge in [0.05, 0.1) is 49.5 Å². The van der Waals surface area contributed by atoms with Crippen LogP contribution in [0.25, 0.3) is 101 Å². The molecule has 6 heterocycles. The van der Waals surface area contributed by atoms with Crippen molar-refractivity contribution in [1.29, 1.82) is 0 Å². The third-order valence-corrected chi connectivity index (χ3v) is 21.5. The Morgan fingerprint density at radius 3 is 0.891 bits per heavy atom. The summed E-state index contributed by atoms with van der Waals surface area (Å²) in [4.78, 5) is 55.3. The quantitative estimate of drug-likeness (QED) is 0.0200. The Balaban J connectivity index is 0.642. The number of rotatable bonds is 36. The molecule has 0 radical (unpaired) electrons. The van der Waals surface area contributed by atoms with E-state index >= 15 is 4.57 Å². The fourth-order valence-electron chi connectivity index (χ4n) is 13.7. The van der Waals surface area contributed by atoms with Crippen LogP contribution >= 0.6 is 7.82 Å². The highest BCUT2D eigenvalue weighted by Crippen LogP contribution is 2.50. The van der Waals surface area contributed by atoms with Crippen LogP contribution < -0.4 is 44.7 Å². The molecule has 0 bridgehead atoms. The first-order valence-electron chi connectivity index (χ1n) is 39.8.